The van der Waals surface area contributed by atoms with E-state index in [1.807, 2.05) is 0 Å². The topological polar surface area (TPSA) is 117 Å². The molecular formula is C24H31N3O6S. The van der Waals surface area contributed by atoms with E-state index in [4.69, 9.17) is 9.47 Å². The number of alkyl carbamates (subject to hydrolysis) is 1. The third kappa shape index (κ3) is 7.31. The number of para-hydroxylation sites is 1. The number of benzene rings is 2. The van der Waals surface area contributed by atoms with Crippen LogP contribution in [0, 0.1) is 0 Å². The molecule has 9 nitrogen and oxygen atoms in total. The molecule has 0 aliphatic heterocycles. The Labute approximate surface area is 204 Å². The lowest BCUT2D eigenvalue weighted by Crippen LogP contribution is -2.52. The van der Waals surface area contributed by atoms with Crippen LogP contribution in [-0.4, -0.2) is 59.5 Å². The van der Waals surface area contributed by atoms with Crippen LogP contribution < -0.4 is 15.4 Å². The fourth-order valence-corrected chi connectivity index (χ4v) is 3.39. The Kier molecular flexibility index (Phi) is 9.19. The summed E-state index contributed by atoms with van der Waals surface area (Å²) in [7, 11) is 2.95. The number of methoxy groups -OCH3 is 1. The first kappa shape index (κ1) is 26.8. The lowest BCUT2D eigenvalue weighted by molar-refractivity contribution is -0.138. The van der Waals surface area contributed by atoms with Gasteiger partial charge in [0.1, 0.15) is 29.2 Å². The van der Waals surface area contributed by atoms with E-state index in [1.165, 1.54) is 20.2 Å². The van der Waals surface area contributed by atoms with Gasteiger partial charge in [0.15, 0.2) is 0 Å². The number of carbonyl (C=O) groups is 3. The van der Waals surface area contributed by atoms with Gasteiger partial charge >= 0.3 is 6.09 Å². The quantitative estimate of drug-likeness (QED) is 0.423. The zero-order chi connectivity index (χ0) is 25.5. The van der Waals surface area contributed by atoms with Gasteiger partial charge in [-0.25, -0.2) is 4.79 Å². The summed E-state index contributed by atoms with van der Waals surface area (Å²) in [5.74, 6) is -0.709. The molecule has 0 spiro atoms. The normalized spacial score (nSPS) is 12.8. The molecule has 10 heteroatoms. The first-order valence-corrected chi connectivity index (χ1v) is 11.2. The van der Waals surface area contributed by atoms with Crippen molar-refractivity contribution in [3.8, 4) is 11.5 Å². The average molecular weight is 490 g/mol. The van der Waals surface area contributed by atoms with Crippen molar-refractivity contribution in [2.24, 2.45) is 0 Å². The molecule has 3 amide bonds. The maximum absolute atomic E-state index is 13.3. The van der Waals surface area contributed by atoms with Crippen molar-refractivity contribution in [2.45, 2.75) is 38.5 Å². The summed E-state index contributed by atoms with van der Waals surface area (Å²) in [5, 5.41) is 15.7. The van der Waals surface area contributed by atoms with E-state index < -0.39 is 35.6 Å². The summed E-state index contributed by atoms with van der Waals surface area (Å²) < 4.78 is 10.4. The van der Waals surface area contributed by atoms with Gasteiger partial charge in [0.05, 0.1) is 7.11 Å². The molecular weight excluding hydrogens is 458 g/mol. The minimum Gasteiger partial charge on any atom is -0.508 e. The van der Waals surface area contributed by atoms with E-state index in [1.54, 1.807) is 63.2 Å². The number of nitrogens with one attached hydrogen (secondary N) is 2. The third-order valence-corrected chi connectivity index (χ3v) is 5.11. The van der Waals surface area contributed by atoms with Crippen molar-refractivity contribution >= 4 is 36.2 Å². The molecule has 0 bridgehead atoms. The molecule has 0 saturated heterocycles. The van der Waals surface area contributed by atoms with Crippen LogP contribution in [0.15, 0.2) is 48.5 Å². The minimum absolute atomic E-state index is 0.0317. The van der Waals surface area contributed by atoms with Gasteiger partial charge in [0, 0.05) is 24.1 Å². The van der Waals surface area contributed by atoms with Crippen molar-refractivity contribution < 1.29 is 29.0 Å². The van der Waals surface area contributed by atoms with E-state index in [0.717, 1.165) is 4.90 Å². The Morgan fingerprint density at radius 2 is 1.71 bits per heavy atom. The molecule has 0 radical (unpaired) electrons. The maximum Gasteiger partial charge on any atom is 0.408 e. The zero-order valence-corrected chi connectivity index (χ0v) is 20.8. The Morgan fingerprint density at radius 1 is 1.09 bits per heavy atom. The molecule has 2 atom stereocenters. The van der Waals surface area contributed by atoms with Crippen LogP contribution in [0.25, 0.3) is 0 Å². The standard InChI is InChI=1S/C24H31N3O6S/c1-24(2,3)33-23(31)26-18(14-34)22(30)27(4)20(17-8-6-7-9-19(17)28)21(29)25-15-10-12-16(32-5)13-11-15/h6-13,18,20,28,34H,14H2,1-5H3,(H,25,29)(H,26,31). The number of anilines is 1. The number of thiol groups is 1. The molecule has 2 rings (SSSR count). The Morgan fingerprint density at radius 3 is 2.24 bits per heavy atom. The second kappa shape index (κ2) is 11.6. The zero-order valence-electron chi connectivity index (χ0n) is 19.9. The van der Waals surface area contributed by atoms with Crippen molar-refractivity contribution in [3.05, 3.63) is 54.1 Å². The molecule has 3 N–H and O–H groups in total. The van der Waals surface area contributed by atoms with Crippen LogP contribution in [0.4, 0.5) is 10.5 Å². The number of likely N-dealkylation sites (N-methyl/N-ethyl adjacent to an activating group) is 1. The summed E-state index contributed by atoms with van der Waals surface area (Å²) in [6.07, 6.45) is -0.782. The van der Waals surface area contributed by atoms with Gasteiger partial charge in [0.25, 0.3) is 5.91 Å². The molecule has 0 heterocycles. The largest absolute Gasteiger partial charge is 0.508 e. The minimum atomic E-state index is -1.20. The number of hydrogen-bond donors (Lipinski definition) is 4. The molecule has 2 aromatic carbocycles. The fourth-order valence-electron chi connectivity index (χ4n) is 3.14. The van der Waals surface area contributed by atoms with Crippen LogP contribution in [-0.2, 0) is 14.3 Å². The molecule has 0 aromatic heterocycles. The van der Waals surface area contributed by atoms with Gasteiger partial charge in [-0.05, 0) is 51.1 Å². The molecule has 34 heavy (non-hydrogen) atoms. The number of ether oxygens (including phenoxy) is 2. The third-order valence-electron chi connectivity index (χ3n) is 4.74. The van der Waals surface area contributed by atoms with Crippen molar-refractivity contribution in [3.63, 3.8) is 0 Å². The average Bonchev–Trinajstić information content (AvgIpc) is 2.77. The summed E-state index contributed by atoms with van der Waals surface area (Å²) in [6, 6.07) is 10.6. The lowest BCUT2D eigenvalue weighted by atomic mass is 10.0. The highest BCUT2D eigenvalue weighted by Crippen LogP contribution is 2.30. The predicted molar refractivity (Wildman–Crippen MR) is 132 cm³/mol. The van der Waals surface area contributed by atoms with E-state index in [9.17, 15) is 19.5 Å². The molecule has 2 aromatic rings. The first-order valence-electron chi connectivity index (χ1n) is 10.6. The van der Waals surface area contributed by atoms with Crippen molar-refractivity contribution in [2.75, 3.05) is 25.2 Å². The molecule has 0 aliphatic carbocycles. The second-order valence-electron chi connectivity index (χ2n) is 8.51. The number of rotatable bonds is 8. The number of phenols is 1. The fraction of sp³-hybridized carbons (Fsp3) is 0.375. The van der Waals surface area contributed by atoms with E-state index in [0.29, 0.717) is 11.4 Å². The second-order valence-corrected chi connectivity index (χ2v) is 8.87. The lowest BCUT2D eigenvalue weighted by Gasteiger charge is -2.31. The van der Waals surface area contributed by atoms with Gasteiger partial charge in [-0.3, -0.25) is 9.59 Å². The number of amides is 3. The van der Waals surface area contributed by atoms with Gasteiger partial charge in [-0.1, -0.05) is 18.2 Å². The molecule has 0 saturated carbocycles. The van der Waals surface area contributed by atoms with Gasteiger partial charge < -0.3 is 30.1 Å². The molecule has 184 valence electrons. The number of nitrogens with zero attached hydrogens (tertiary/aromatic N) is 1. The Balaban J connectivity index is 2.31. The van der Waals surface area contributed by atoms with Gasteiger partial charge in [-0.2, -0.15) is 12.6 Å². The van der Waals surface area contributed by atoms with Crippen LogP contribution in [0.3, 0.4) is 0 Å². The Bertz CT molecular complexity index is 1010. The number of carbonyl (C=O) groups excluding carboxylic acids is 3. The predicted octanol–water partition coefficient (Wildman–Crippen LogP) is 3.36. The SMILES string of the molecule is COc1ccc(NC(=O)C(c2ccccc2O)N(C)C(=O)C(CS)NC(=O)OC(C)(C)C)cc1. The van der Waals surface area contributed by atoms with Crippen molar-refractivity contribution in [1.82, 2.24) is 10.2 Å². The van der Waals surface area contributed by atoms with Crippen LogP contribution >= 0.6 is 12.6 Å². The van der Waals surface area contributed by atoms with Crippen molar-refractivity contribution in [1.29, 1.82) is 0 Å². The Hall–Kier alpha value is -3.40. The van der Waals surface area contributed by atoms with E-state index in [2.05, 4.69) is 23.3 Å². The van der Waals surface area contributed by atoms with Crippen LogP contribution in [0.5, 0.6) is 11.5 Å². The molecule has 2 unspecified atom stereocenters. The highest BCUT2D eigenvalue weighted by atomic mass is 32.1. The number of phenolic OH excluding ortho intramolecular Hbond substituents is 1. The number of aromatic hydroxyl groups is 1. The van der Waals surface area contributed by atoms with Gasteiger partial charge in [-0.15, -0.1) is 0 Å². The number of hydrogen-bond acceptors (Lipinski definition) is 7. The maximum atomic E-state index is 13.3. The van der Waals surface area contributed by atoms with E-state index in [-0.39, 0.29) is 17.1 Å². The summed E-state index contributed by atoms with van der Waals surface area (Å²) in [6.45, 7) is 5.11. The highest BCUT2D eigenvalue weighted by molar-refractivity contribution is 7.80. The first-order chi connectivity index (χ1) is 16.0. The monoisotopic (exact) mass is 489 g/mol. The summed E-state index contributed by atoms with van der Waals surface area (Å²) >= 11 is 4.18. The van der Waals surface area contributed by atoms with Gasteiger partial charge in [0.2, 0.25) is 5.91 Å². The van der Waals surface area contributed by atoms with Crippen LogP contribution in [0.2, 0.25) is 0 Å². The molecule has 0 aliphatic rings. The smallest absolute Gasteiger partial charge is 0.408 e. The summed E-state index contributed by atoms with van der Waals surface area (Å²) in [5.41, 5.74) is -0.0548. The van der Waals surface area contributed by atoms with Crippen LogP contribution in [0.1, 0.15) is 32.4 Å². The molecule has 0 fully saturated rings. The highest BCUT2D eigenvalue weighted by Gasteiger charge is 2.35. The summed E-state index contributed by atoms with van der Waals surface area (Å²) in [4.78, 5) is 39.9. The van der Waals surface area contributed by atoms with E-state index >= 15 is 0 Å².